The SMILES string of the molecule is O=CNCc1cccc(-c2cc3nccn3c(Nc3cc(C4CC4)[nH]n3)n2)c1. The van der Waals surface area contributed by atoms with Gasteiger partial charge in [-0.15, -0.1) is 0 Å². The largest absolute Gasteiger partial charge is 0.355 e. The van der Waals surface area contributed by atoms with E-state index in [1.807, 2.05) is 47.0 Å². The van der Waals surface area contributed by atoms with Crippen molar-refractivity contribution in [3.05, 3.63) is 60.0 Å². The van der Waals surface area contributed by atoms with Crippen LogP contribution in [0.5, 0.6) is 0 Å². The normalized spacial score (nSPS) is 13.6. The standard InChI is InChI=1S/C20H19N7O/c28-12-21-11-13-2-1-3-15(8-13)16-10-19-22-6-7-27(19)20(23-16)24-18-9-17(25-26-18)14-4-5-14/h1-3,6-10,12,14H,4-5,11H2,(H,21,28)(H2,23,24,25,26). The summed E-state index contributed by atoms with van der Waals surface area (Å²) in [4.78, 5) is 19.8. The zero-order chi connectivity index (χ0) is 18.9. The van der Waals surface area contributed by atoms with Crippen LogP contribution in [0.4, 0.5) is 11.8 Å². The summed E-state index contributed by atoms with van der Waals surface area (Å²) in [5.74, 6) is 2.00. The van der Waals surface area contributed by atoms with Crippen molar-refractivity contribution in [2.24, 2.45) is 0 Å². The van der Waals surface area contributed by atoms with E-state index in [-0.39, 0.29) is 0 Å². The third-order valence-corrected chi connectivity index (χ3v) is 4.86. The number of nitrogens with one attached hydrogen (secondary N) is 3. The quantitative estimate of drug-likeness (QED) is 0.433. The number of benzene rings is 1. The van der Waals surface area contributed by atoms with Gasteiger partial charge >= 0.3 is 0 Å². The zero-order valence-electron chi connectivity index (χ0n) is 15.1. The van der Waals surface area contributed by atoms with Crippen LogP contribution in [-0.2, 0) is 11.3 Å². The molecule has 0 bridgehead atoms. The lowest BCUT2D eigenvalue weighted by Gasteiger charge is -2.10. The highest BCUT2D eigenvalue weighted by Gasteiger charge is 2.25. The van der Waals surface area contributed by atoms with Gasteiger partial charge in [0.05, 0.1) is 5.69 Å². The molecule has 5 rings (SSSR count). The van der Waals surface area contributed by atoms with Crippen molar-refractivity contribution in [2.75, 3.05) is 5.32 Å². The maximum Gasteiger partial charge on any atom is 0.214 e. The molecule has 8 nitrogen and oxygen atoms in total. The highest BCUT2D eigenvalue weighted by molar-refractivity contribution is 5.68. The fraction of sp³-hybridized carbons (Fsp3) is 0.200. The van der Waals surface area contributed by atoms with Crippen LogP contribution in [0.1, 0.15) is 30.0 Å². The van der Waals surface area contributed by atoms with Crippen LogP contribution < -0.4 is 10.6 Å². The summed E-state index contributed by atoms with van der Waals surface area (Å²) in [7, 11) is 0. The Bertz CT molecular complexity index is 1140. The lowest BCUT2D eigenvalue weighted by molar-refractivity contribution is -0.109. The van der Waals surface area contributed by atoms with E-state index in [4.69, 9.17) is 4.98 Å². The number of nitrogens with zero attached hydrogens (tertiary/aromatic N) is 4. The molecule has 0 radical (unpaired) electrons. The number of carbonyl (C=O) groups excluding carboxylic acids is 1. The number of aromatic amines is 1. The topological polar surface area (TPSA) is 100 Å². The molecule has 1 aromatic carbocycles. The minimum atomic E-state index is 0.477. The van der Waals surface area contributed by atoms with E-state index in [0.717, 1.165) is 34.0 Å². The molecule has 1 aliphatic rings. The lowest BCUT2D eigenvalue weighted by atomic mass is 10.1. The summed E-state index contributed by atoms with van der Waals surface area (Å²) in [5, 5.41) is 13.5. The molecule has 1 saturated carbocycles. The van der Waals surface area contributed by atoms with Gasteiger partial charge in [-0.1, -0.05) is 18.2 Å². The molecule has 8 heteroatoms. The summed E-state index contributed by atoms with van der Waals surface area (Å²) >= 11 is 0. The minimum Gasteiger partial charge on any atom is -0.355 e. The molecule has 1 amide bonds. The van der Waals surface area contributed by atoms with Gasteiger partial charge in [-0.2, -0.15) is 5.10 Å². The van der Waals surface area contributed by atoms with E-state index in [1.165, 1.54) is 12.8 Å². The maximum absolute atomic E-state index is 10.6. The Morgan fingerprint density at radius 1 is 1.25 bits per heavy atom. The summed E-state index contributed by atoms with van der Waals surface area (Å²) < 4.78 is 1.90. The smallest absolute Gasteiger partial charge is 0.214 e. The van der Waals surface area contributed by atoms with E-state index in [1.54, 1.807) is 6.20 Å². The maximum atomic E-state index is 10.6. The average Bonchev–Trinajstić information content (AvgIpc) is 3.27. The van der Waals surface area contributed by atoms with Crippen LogP contribution in [0.25, 0.3) is 16.9 Å². The Labute approximate surface area is 161 Å². The van der Waals surface area contributed by atoms with Crippen LogP contribution in [0.2, 0.25) is 0 Å². The second kappa shape index (κ2) is 6.80. The lowest BCUT2D eigenvalue weighted by Crippen LogP contribution is -2.09. The van der Waals surface area contributed by atoms with Crippen molar-refractivity contribution < 1.29 is 4.79 Å². The molecule has 0 spiro atoms. The summed E-state index contributed by atoms with van der Waals surface area (Å²) in [6, 6.07) is 11.9. The Morgan fingerprint density at radius 3 is 3.04 bits per heavy atom. The molecule has 3 N–H and O–H groups in total. The number of rotatable bonds is 7. The second-order valence-corrected chi connectivity index (χ2v) is 6.93. The van der Waals surface area contributed by atoms with Crippen molar-refractivity contribution in [3.63, 3.8) is 0 Å². The predicted octanol–water partition coefficient (Wildman–Crippen LogP) is 2.99. The number of amides is 1. The van der Waals surface area contributed by atoms with E-state index in [2.05, 4.69) is 25.8 Å². The molecule has 0 unspecified atom stereocenters. The van der Waals surface area contributed by atoms with E-state index < -0.39 is 0 Å². The van der Waals surface area contributed by atoms with Gasteiger partial charge in [-0.3, -0.25) is 14.3 Å². The number of imidazole rings is 1. The second-order valence-electron chi connectivity index (χ2n) is 6.93. The molecule has 0 aliphatic heterocycles. The molecular formula is C20H19N7O. The Morgan fingerprint density at radius 2 is 2.18 bits per heavy atom. The predicted molar refractivity (Wildman–Crippen MR) is 105 cm³/mol. The summed E-state index contributed by atoms with van der Waals surface area (Å²) in [6.45, 7) is 0.477. The van der Waals surface area contributed by atoms with Crippen molar-refractivity contribution >= 4 is 23.8 Å². The van der Waals surface area contributed by atoms with Crippen molar-refractivity contribution in [1.29, 1.82) is 0 Å². The molecule has 28 heavy (non-hydrogen) atoms. The molecule has 1 fully saturated rings. The number of H-pyrrole nitrogens is 1. The van der Waals surface area contributed by atoms with Crippen LogP contribution >= 0.6 is 0 Å². The van der Waals surface area contributed by atoms with Crippen LogP contribution in [0.3, 0.4) is 0 Å². The van der Waals surface area contributed by atoms with Gasteiger partial charge in [0, 0.05) is 48.2 Å². The highest BCUT2D eigenvalue weighted by Crippen LogP contribution is 2.39. The first-order valence-electron chi connectivity index (χ1n) is 9.23. The van der Waals surface area contributed by atoms with Gasteiger partial charge in [0.15, 0.2) is 5.82 Å². The zero-order valence-corrected chi connectivity index (χ0v) is 15.1. The third kappa shape index (κ3) is 3.20. The van der Waals surface area contributed by atoms with E-state index >= 15 is 0 Å². The summed E-state index contributed by atoms with van der Waals surface area (Å²) in [6.07, 6.45) is 6.75. The molecule has 0 atom stereocenters. The van der Waals surface area contributed by atoms with Crippen LogP contribution in [0, 0.1) is 0 Å². The highest BCUT2D eigenvalue weighted by atomic mass is 16.1. The van der Waals surface area contributed by atoms with Crippen molar-refractivity contribution in [2.45, 2.75) is 25.3 Å². The fourth-order valence-corrected chi connectivity index (χ4v) is 3.28. The molecular weight excluding hydrogens is 354 g/mol. The van der Waals surface area contributed by atoms with Crippen molar-refractivity contribution in [3.8, 4) is 11.3 Å². The molecule has 4 aromatic rings. The average molecular weight is 373 g/mol. The number of hydrogen-bond acceptors (Lipinski definition) is 5. The third-order valence-electron chi connectivity index (χ3n) is 4.86. The Kier molecular flexibility index (Phi) is 4.01. The first kappa shape index (κ1) is 16.5. The van der Waals surface area contributed by atoms with Gasteiger partial charge < -0.3 is 10.6 Å². The van der Waals surface area contributed by atoms with Gasteiger partial charge in [0.1, 0.15) is 5.65 Å². The molecule has 3 aromatic heterocycles. The minimum absolute atomic E-state index is 0.477. The number of aromatic nitrogens is 5. The number of hydrogen-bond donors (Lipinski definition) is 3. The first-order valence-corrected chi connectivity index (χ1v) is 9.23. The molecule has 0 saturated heterocycles. The number of carbonyl (C=O) groups is 1. The van der Waals surface area contributed by atoms with E-state index in [9.17, 15) is 4.79 Å². The van der Waals surface area contributed by atoms with Gasteiger partial charge in [-0.25, -0.2) is 9.97 Å². The Balaban J connectivity index is 1.50. The fourth-order valence-electron chi connectivity index (χ4n) is 3.28. The Hall–Kier alpha value is -3.68. The molecule has 1 aliphatic carbocycles. The van der Waals surface area contributed by atoms with Crippen LogP contribution in [-0.4, -0.2) is 31.0 Å². The number of anilines is 2. The number of fused-ring (bicyclic) bond motifs is 1. The molecule has 3 heterocycles. The monoisotopic (exact) mass is 373 g/mol. The molecule has 140 valence electrons. The first-order chi connectivity index (χ1) is 13.8. The van der Waals surface area contributed by atoms with Crippen LogP contribution in [0.15, 0.2) is 48.8 Å². The van der Waals surface area contributed by atoms with Gasteiger partial charge in [0.2, 0.25) is 12.4 Å². The van der Waals surface area contributed by atoms with Gasteiger partial charge in [0.25, 0.3) is 0 Å². The van der Waals surface area contributed by atoms with E-state index in [0.29, 0.717) is 24.8 Å². The van der Waals surface area contributed by atoms with Gasteiger partial charge in [-0.05, 0) is 24.5 Å². The van der Waals surface area contributed by atoms with Crippen molar-refractivity contribution in [1.82, 2.24) is 29.9 Å². The summed E-state index contributed by atoms with van der Waals surface area (Å²) in [5.41, 5.74) is 4.72.